The summed E-state index contributed by atoms with van der Waals surface area (Å²) >= 11 is 0. The standard InChI is InChI=1S/C17H23NO2/c1-2-8-18(11-12-6-7-12)16-10-14-5-3-4-13(14)9-15(16)17(19)20/h9-10,12H,2-8,11H2,1H3,(H,19,20). The first kappa shape index (κ1) is 13.5. The predicted molar refractivity (Wildman–Crippen MR) is 80.7 cm³/mol. The summed E-state index contributed by atoms with van der Waals surface area (Å²) in [6.07, 6.45) is 6.95. The third kappa shape index (κ3) is 2.67. The number of rotatable bonds is 6. The molecule has 108 valence electrons. The summed E-state index contributed by atoms with van der Waals surface area (Å²) in [6, 6.07) is 4.08. The van der Waals surface area contributed by atoms with Gasteiger partial charge >= 0.3 is 5.97 Å². The lowest BCUT2D eigenvalue weighted by Gasteiger charge is -2.26. The first-order valence-electron chi connectivity index (χ1n) is 7.83. The second kappa shape index (κ2) is 5.47. The van der Waals surface area contributed by atoms with Crippen LogP contribution in [-0.4, -0.2) is 24.2 Å². The molecule has 0 unspecified atom stereocenters. The number of fused-ring (bicyclic) bond motifs is 1. The smallest absolute Gasteiger partial charge is 0.337 e. The molecular formula is C17H23NO2. The molecule has 3 nitrogen and oxygen atoms in total. The topological polar surface area (TPSA) is 40.5 Å². The van der Waals surface area contributed by atoms with Crippen molar-refractivity contribution in [1.82, 2.24) is 0 Å². The van der Waals surface area contributed by atoms with Crippen molar-refractivity contribution in [2.45, 2.75) is 45.4 Å². The van der Waals surface area contributed by atoms with Crippen LogP contribution in [0.15, 0.2) is 12.1 Å². The molecule has 1 aromatic rings. The lowest BCUT2D eigenvalue weighted by atomic mass is 10.0. The maximum absolute atomic E-state index is 11.6. The van der Waals surface area contributed by atoms with E-state index in [4.69, 9.17) is 0 Å². The minimum atomic E-state index is -0.786. The molecule has 1 fully saturated rings. The van der Waals surface area contributed by atoms with Crippen LogP contribution in [0.25, 0.3) is 0 Å². The molecule has 0 amide bonds. The van der Waals surface area contributed by atoms with Crippen molar-refractivity contribution in [3.8, 4) is 0 Å². The van der Waals surface area contributed by atoms with Crippen molar-refractivity contribution in [2.24, 2.45) is 5.92 Å². The van der Waals surface area contributed by atoms with Gasteiger partial charge in [0.1, 0.15) is 0 Å². The largest absolute Gasteiger partial charge is 0.478 e. The summed E-state index contributed by atoms with van der Waals surface area (Å²) in [5.41, 5.74) is 4.06. The van der Waals surface area contributed by atoms with Gasteiger partial charge in [-0.3, -0.25) is 0 Å². The number of carbonyl (C=O) groups is 1. The Balaban J connectivity index is 1.97. The molecule has 1 N–H and O–H groups in total. The van der Waals surface area contributed by atoms with Crippen molar-refractivity contribution in [3.63, 3.8) is 0 Å². The Morgan fingerprint density at radius 2 is 2.00 bits per heavy atom. The van der Waals surface area contributed by atoms with E-state index in [-0.39, 0.29) is 0 Å². The zero-order chi connectivity index (χ0) is 14.1. The van der Waals surface area contributed by atoms with Crippen LogP contribution in [0.4, 0.5) is 5.69 Å². The Bertz CT molecular complexity index is 520. The number of carboxylic acid groups (broad SMARTS) is 1. The number of nitrogens with zero attached hydrogens (tertiary/aromatic N) is 1. The number of aromatic carboxylic acids is 1. The van der Waals surface area contributed by atoms with Gasteiger partial charge in [-0.05, 0) is 67.7 Å². The number of hydrogen-bond acceptors (Lipinski definition) is 2. The summed E-state index contributed by atoms with van der Waals surface area (Å²) in [5, 5.41) is 9.54. The van der Waals surface area contributed by atoms with Gasteiger partial charge in [0, 0.05) is 13.1 Å². The Morgan fingerprint density at radius 1 is 1.30 bits per heavy atom. The maximum atomic E-state index is 11.6. The van der Waals surface area contributed by atoms with Gasteiger partial charge in [0.15, 0.2) is 0 Å². The van der Waals surface area contributed by atoms with Gasteiger partial charge in [0.2, 0.25) is 0 Å². The molecular weight excluding hydrogens is 250 g/mol. The van der Waals surface area contributed by atoms with E-state index in [2.05, 4.69) is 17.9 Å². The fourth-order valence-corrected chi connectivity index (χ4v) is 3.24. The van der Waals surface area contributed by atoms with Crippen LogP contribution in [0.3, 0.4) is 0 Å². The maximum Gasteiger partial charge on any atom is 0.337 e. The summed E-state index contributed by atoms with van der Waals surface area (Å²) in [7, 11) is 0. The van der Waals surface area contributed by atoms with Crippen molar-refractivity contribution in [1.29, 1.82) is 0 Å². The number of anilines is 1. The summed E-state index contributed by atoms with van der Waals surface area (Å²) in [4.78, 5) is 13.9. The van der Waals surface area contributed by atoms with Gasteiger partial charge in [-0.2, -0.15) is 0 Å². The van der Waals surface area contributed by atoms with Crippen LogP contribution >= 0.6 is 0 Å². The third-order valence-electron chi connectivity index (χ3n) is 4.45. The normalized spacial score (nSPS) is 17.1. The summed E-state index contributed by atoms with van der Waals surface area (Å²) in [5.74, 6) is -0.0111. The van der Waals surface area contributed by atoms with Crippen LogP contribution in [0.1, 0.15) is 54.1 Å². The quantitative estimate of drug-likeness (QED) is 0.862. The lowest BCUT2D eigenvalue weighted by molar-refractivity contribution is 0.0697. The van der Waals surface area contributed by atoms with E-state index < -0.39 is 5.97 Å². The summed E-state index contributed by atoms with van der Waals surface area (Å²) in [6.45, 7) is 4.14. The van der Waals surface area contributed by atoms with Gasteiger partial charge in [0.25, 0.3) is 0 Å². The zero-order valence-electron chi connectivity index (χ0n) is 12.2. The van der Waals surface area contributed by atoms with Crippen LogP contribution in [0.5, 0.6) is 0 Å². The van der Waals surface area contributed by atoms with Crippen LogP contribution in [0, 0.1) is 5.92 Å². The Labute approximate surface area is 120 Å². The molecule has 1 aromatic carbocycles. The molecule has 0 spiro atoms. The van der Waals surface area contributed by atoms with E-state index in [0.717, 1.165) is 50.4 Å². The molecule has 0 radical (unpaired) electrons. The minimum Gasteiger partial charge on any atom is -0.478 e. The van der Waals surface area contributed by atoms with Gasteiger partial charge in [-0.15, -0.1) is 0 Å². The average molecular weight is 273 g/mol. The van der Waals surface area contributed by atoms with Gasteiger partial charge in [-0.1, -0.05) is 6.92 Å². The van der Waals surface area contributed by atoms with Crippen LogP contribution < -0.4 is 4.90 Å². The lowest BCUT2D eigenvalue weighted by Crippen LogP contribution is -2.28. The molecule has 2 aliphatic carbocycles. The third-order valence-corrected chi connectivity index (χ3v) is 4.45. The van der Waals surface area contributed by atoms with Crippen molar-refractivity contribution in [3.05, 3.63) is 28.8 Å². The van der Waals surface area contributed by atoms with Gasteiger partial charge in [-0.25, -0.2) is 4.79 Å². The van der Waals surface area contributed by atoms with Crippen molar-refractivity contribution < 1.29 is 9.90 Å². The molecule has 1 saturated carbocycles. The van der Waals surface area contributed by atoms with Crippen molar-refractivity contribution >= 4 is 11.7 Å². The molecule has 0 heterocycles. The highest BCUT2D eigenvalue weighted by Gasteiger charge is 2.27. The Hall–Kier alpha value is -1.51. The van der Waals surface area contributed by atoms with Crippen LogP contribution in [-0.2, 0) is 12.8 Å². The SMILES string of the molecule is CCCN(CC1CC1)c1cc2c(cc1C(=O)O)CCC2. The van der Waals surface area contributed by atoms with Crippen LogP contribution in [0.2, 0.25) is 0 Å². The molecule has 0 saturated heterocycles. The molecule has 3 heteroatoms. The molecule has 0 atom stereocenters. The van der Waals surface area contributed by atoms with Gasteiger partial charge in [0.05, 0.1) is 11.3 Å². The van der Waals surface area contributed by atoms with E-state index in [1.807, 2.05) is 6.07 Å². The van der Waals surface area contributed by atoms with E-state index in [1.165, 1.54) is 24.0 Å². The number of benzene rings is 1. The minimum absolute atomic E-state index is 0.500. The first-order chi connectivity index (χ1) is 9.69. The fourth-order valence-electron chi connectivity index (χ4n) is 3.24. The summed E-state index contributed by atoms with van der Waals surface area (Å²) < 4.78 is 0. The highest BCUT2D eigenvalue weighted by atomic mass is 16.4. The van der Waals surface area contributed by atoms with Crippen molar-refractivity contribution in [2.75, 3.05) is 18.0 Å². The second-order valence-corrected chi connectivity index (χ2v) is 6.19. The highest BCUT2D eigenvalue weighted by molar-refractivity contribution is 5.95. The second-order valence-electron chi connectivity index (χ2n) is 6.19. The molecule has 20 heavy (non-hydrogen) atoms. The molecule has 0 aromatic heterocycles. The monoisotopic (exact) mass is 273 g/mol. The number of carboxylic acids is 1. The highest BCUT2D eigenvalue weighted by Crippen LogP contribution is 2.35. The predicted octanol–water partition coefficient (Wildman–Crippen LogP) is 3.50. The molecule has 0 bridgehead atoms. The molecule has 0 aliphatic heterocycles. The Kier molecular flexibility index (Phi) is 3.68. The first-order valence-corrected chi connectivity index (χ1v) is 7.83. The number of hydrogen-bond donors (Lipinski definition) is 1. The van der Waals surface area contributed by atoms with E-state index in [1.54, 1.807) is 0 Å². The zero-order valence-corrected chi connectivity index (χ0v) is 12.2. The Morgan fingerprint density at radius 3 is 2.60 bits per heavy atom. The molecule has 2 aliphatic rings. The van der Waals surface area contributed by atoms with E-state index >= 15 is 0 Å². The molecule has 3 rings (SSSR count). The van der Waals surface area contributed by atoms with E-state index in [9.17, 15) is 9.90 Å². The number of aryl methyl sites for hydroxylation is 2. The van der Waals surface area contributed by atoms with Gasteiger partial charge < -0.3 is 10.0 Å². The fraction of sp³-hybridized carbons (Fsp3) is 0.588. The van der Waals surface area contributed by atoms with E-state index in [0.29, 0.717) is 5.56 Å². The average Bonchev–Trinajstić information content (AvgIpc) is 3.12.